The van der Waals surface area contributed by atoms with Crippen LogP contribution in [0.3, 0.4) is 0 Å². The Bertz CT molecular complexity index is 402. The van der Waals surface area contributed by atoms with Gasteiger partial charge in [-0.2, -0.15) is 0 Å². The van der Waals surface area contributed by atoms with Crippen LogP contribution >= 0.6 is 15.9 Å². The summed E-state index contributed by atoms with van der Waals surface area (Å²) in [6, 6.07) is 1.77. The second-order valence-electron chi connectivity index (χ2n) is 3.86. The molecule has 5 heteroatoms. The molecule has 1 aliphatic rings. The first-order valence-electron chi connectivity index (χ1n) is 5.08. The van der Waals surface area contributed by atoms with E-state index in [9.17, 15) is 9.90 Å². The zero-order valence-electron chi connectivity index (χ0n) is 8.65. The van der Waals surface area contributed by atoms with Gasteiger partial charge in [0, 0.05) is 30.1 Å². The summed E-state index contributed by atoms with van der Waals surface area (Å²) in [6.07, 6.45) is 4.27. The van der Waals surface area contributed by atoms with Crippen molar-refractivity contribution in [2.45, 2.75) is 18.3 Å². The number of hydrogen-bond acceptors (Lipinski definition) is 3. The van der Waals surface area contributed by atoms with Gasteiger partial charge in [0.25, 0.3) is 0 Å². The van der Waals surface area contributed by atoms with Crippen LogP contribution in [0, 0.1) is 0 Å². The van der Waals surface area contributed by atoms with Crippen molar-refractivity contribution in [3.8, 4) is 0 Å². The summed E-state index contributed by atoms with van der Waals surface area (Å²) < 4.78 is 5.99. The fourth-order valence-electron chi connectivity index (χ4n) is 2.08. The van der Waals surface area contributed by atoms with Crippen molar-refractivity contribution in [3.63, 3.8) is 0 Å². The SMILES string of the molecule is O=C(O)C1(c2ccncc2Br)CCOCC1. The van der Waals surface area contributed by atoms with E-state index < -0.39 is 11.4 Å². The predicted octanol–water partition coefficient (Wildman–Crippen LogP) is 1.98. The number of aromatic nitrogens is 1. The topological polar surface area (TPSA) is 59.4 Å². The second kappa shape index (κ2) is 4.51. The van der Waals surface area contributed by atoms with Crippen molar-refractivity contribution >= 4 is 21.9 Å². The van der Waals surface area contributed by atoms with Crippen molar-refractivity contribution in [1.82, 2.24) is 4.98 Å². The number of carboxylic acid groups (broad SMARTS) is 1. The minimum atomic E-state index is -0.833. The molecule has 0 bridgehead atoms. The molecule has 2 rings (SSSR count). The van der Waals surface area contributed by atoms with Gasteiger partial charge in [-0.05, 0) is 40.4 Å². The van der Waals surface area contributed by atoms with Crippen LogP contribution in [0.5, 0.6) is 0 Å². The van der Waals surface area contributed by atoms with Crippen molar-refractivity contribution in [3.05, 3.63) is 28.5 Å². The van der Waals surface area contributed by atoms with Crippen molar-refractivity contribution in [2.24, 2.45) is 0 Å². The molecule has 0 radical (unpaired) electrons. The molecule has 0 saturated carbocycles. The summed E-state index contributed by atoms with van der Waals surface area (Å²) in [7, 11) is 0. The predicted molar refractivity (Wildman–Crippen MR) is 61.3 cm³/mol. The zero-order chi connectivity index (χ0) is 11.6. The molecule has 1 saturated heterocycles. The normalized spacial score (nSPS) is 19.3. The van der Waals surface area contributed by atoms with E-state index in [1.807, 2.05) is 0 Å². The Morgan fingerprint density at radius 2 is 2.19 bits per heavy atom. The number of nitrogens with zero attached hydrogens (tertiary/aromatic N) is 1. The van der Waals surface area contributed by atoms with Gasteiger partial charge in [0.2, 0.25) is 0 Å². The van der Waals surface area contributed by atoms with E-state index in [4.69, 9.17) is 4.74 Å². The first-order chi connectivity index (χ1) is 7.67. The largest absolute Gasteiger partial charge is 0.481 e. The van der Waals surface area contributed by atoms with Crippen molar-refractivity contribution in [2.75, 3.05) is 13.2 Å². The van der Waals surface area contributed by atoms with Gasteiger partial charge in [-0.3, -0.25) is 9.78 Å². The van der Waals surface area contributed by atoms with Crippen LogP contribution in [0.4, 0.5) is 0 Å². The average Bonchev–Trinajstić information content (AvgIpc) is 2.30. The minimum Gasteiger partial charge on any atom is -0.481 e. The lowest BCUT2D eigenvalue weighted by Crippen LogP contribution is -2.41. The molecule has 86 valence electrons. The fourth-order valence-corrected chi connectivity index (χ4v) is 2.71. The highest BCUT2D eigenvalue weighted by Gasteiger charge is 2.43. The van der Waals surface area contributed by atoms with Crippen LogP contribution in [0.25, 0.3) is 0 Å². The number of ether oxygens (including phenoxy) is 1. The van der Waals surface area contributed by atoms with Gasteiger partial charge in [-0.25, -0.2) is 0 Å². The van der Waals surface area contributed by atoms with Crippen LogP contribution in [-0.2, 0) is 14.9 Å². The minimum absolute atomic E-state index is 0.487. The molecule has 2 heterocycles. The molecule has 1 N–H and O–H groups in total. The maximum atomic E-state index is 11.5. The van der Waals surface area contributed by atoms with E-state index in [1.54, 1.807) is 18.5 Å². The molecule has 0 aliphatic carbocycles. The Hall–Kier alpha value is -0.940. The highest BCUT2D eigenvalue weighted by molar-refractivity contribution is 9.10. The van der Waals surface area contributed by atoms with E-state index in [-0.39, 0.29) is 0 Å². The highest BCUT2D eigenvalue weighted by Crippen LogP contribution is 2.38. The van der Waals surface area contributed by atoms with E-state index in [0.717, 1.165) is 10.0 Å². The third-order valence-corrected chi connectivity index (χ3v) is 3.68. The summed E-state index contributed by atoms with van der Waals surface area (Å²) in [4.78, 5) is 15.5. The molecule has 0 atom stereocenters. The molecule has 1 aliphatic heterocycles. The Labute approximate surface area is 102 Å². The first-order valence-corrected chi connectivity index (χ1v) is 5.87. The third kappa shape index (κ3) is 1.85. The van der Waals surface area contributed by atoms with Crippen molar-refractivity contribution in [1.29, 1.82) is 0 Å². The Morgan fingerprint density at radius 3 is 2.75 bits per heavy atom. The smallest absolute Gasteiger partial charge is 0.314 e. The summed E-state index contributed by atoms with van der Waals surface area (Å²) >= 11 is 3.37. The number of carbonyl (C=O) groups is 1. The maximum absolute atomic E-state index is 11.5. The first kappa shape index (κ1) is 11.5. The molecule has 4 nitrogen and oxygen atoms in total. The average molecular weight is 286 g/mol. The van der Waals surface area contributed by atoms with Gasteiger partial charge in [0.15, 0.2) is 0 Å². The summed E-state index contributed by atoms with van der Waals surface area (Å²) in [5.41, 5.74) is -0.0432. The quantitative estimate of drug-likeness (QED) is 0.903. The summed E-state index contributed by atoms with van der Waals surface area (Å²) in [6.45, 7) is 0.974. The monoisotopic (exact) mass is 285 g/mol. The maximum Gasteiger partial charge on any atom is 0.314 e. The van der Waals surface area contributed by atoms with Crippen molar-refractivity contribution < 1.29 is 14.6 Å². The third-order valence-electron chi connectivity index (χ3n) is 3.04. The van der Waals surface area contributed by atoms with Gasteiger partial charge in [0.1, 0.15) is 0 Å². The van der Waals surface area contributed by atoms with Crippen LogP contribution in [0.15, 0.2) is 22.9 Å². The fraction of sp³-hybridized carbons (Fsp3) is 0.455. The summed E-state index contributed by atoms with van der Waals surface area (Å²) in [5, 5.41) is 9.47. The molecule has 16 heavy (non-hydrogen) atoms. The van der Waals surface area contributed by atoms with Gasteiger partial charge in [-0.1, -0.05) is 0 Å². The number of aliphatic carboxylic acids is 1. The number of rotatable bonds is 2. The molecule has 1 aromatic heterocycles. The van der Waals surface area contributed by atoms with Gasteiger partial charge < -0.3 is 9.84 Å². The van der Waals surface area contributed by atoms with Gasteiger partial charge >= 0.3 is 5.97 Å². The van der Waals surface area contributed by atoms with Gasteiger partial charge in [0.05, 0.1) is 5.41 Å². The molecular weight excluding hydrogens is 274 g/mol. The van der Waals surface area contributed by atoms with Crippen LogP contribution in [0.2, 0.25) is 0 Å². The van der Waals surface area contributed by atoms with Crippen LogP contribution in [-0.4, -0.2) is 29.3 Å². The zero-order valence-corrected chi connectivity index (χ0v) is 10.2. The summed E-state index contributed by atoms with van der Waals surface area (Å²) in [5.74, 6) is -0.789. The van der Waals surface area contributed by atoms with Gasteiger partial charge in [-0.15, -0.1) is 0 Å². The Morgan fingerprint density at radius 1 is 1.50 bits per heavy atom. The Balaban J connectivity index is 2.47. The number of carboxylic acids is 1. The molecule has 0 unspecified atom stereocenters. The Kier molecular flexibility index (Phi) is 3.25. The number of pyridine rings is 1. The van der Waals surface area contributed by atoms with Crippen LogP contribution in [0.1, 0.15) is 18.4 Å². The molecule has 1 fully saturated rings. The molecular formula is C11H12BrNO3. The van der Waals surface area contributed by atoms with E-state index in [0.29, 0.717) is 26.1 Å². The molecule has 1 aromatic rings. The van der Waals surface area contributed by atoms with E-state index in [2.05, 4.69) is 20.9 Å². The highest BCUT2D eigenvalue weighted by atomic mass is 79.9. The van der Waals surface area contributed by atoms with E-state index in [1.165, 1.54) is 0 Å². The number of hydrogen-bond donors (Lipinski definition) is 1. The standard InChI is InChI=1S/C11H12BrNO3/c12-9-7-13-4-1-8(9)11(10(14)15)2-5-16-6-3-11/h1,4,7H,2-3,5-6H2,(H,14,15). The molecule has 0 spiro atoms. The van der Waals surface area contributed by atoms with E-state index >= 15 is 0 Å². The lowest BCUT2D eigenvalue weighted by molar-refractivity contribution is -0.147. The second-order valence-corrected chi connectivity index (χ2v) is 4.71. The van der Waals surface area contributed by atoms with Crippen LogP contribution < -0.4 is 0 Å². The molecule has 0 aromatic carbocycles. The lowest BCUT2D eigenvalue weighted by Gasteiger charge is -2.34. The lowest BCUT2D eigenvalue weighted by atomic mass is 9.74. The molecule has 0 amide bonds. The number of halogens is 1.